The molecule has 0 spiro atoms. The van der Waals surface area contributed by atoms with Crippen molar-refractivity contribution in [3.8, 4) is 10.8 Å². The number of ether oxygens (including phenoxy) is 1. The molecule has 2 aromatic rings. The molecule has 0 aliphatic heterocycles. The molecule has 0 radical (unpaired) electrons. The Kier molecular flexibility index (Phi) is 2.50. The summed E-state index contributed by atoms with van der Waals surface area (Å²) in [6, 6.07) is 6.07. The number of hydrogen-bond donors (Lipinski definition) is 0. The molecule has 0 bridgehead atoms. The van der Waals surface area contributed by atoms with Crippen molar-refractivity contribution < 1.29 is 4.74 Å². The van der Waals surface area contributed by atoms with E-state index in [1.165, 1.54) is 22.5 Å². The van der Waals surface area contributed by atoms with E-state index >= 15 is 0 Å². The van der Waals surface area contributed by atoms with Crippen LogP contribution in [0.2, 0.25) is 0 Å². The molecule has 1 heterocycles. The number of aryl methyl sites for hydroxylation is 2. The summed E-state index contributed by atoms with van der Waals surface area (Å²) >= 11 is 1.49. The molecule has 2 rings (SSSR count). The van der Waals surface area contributed by atoms with Crippen molar-refractivity contribution >= 4 is 11.3 Å². The van der Waals surface area contributed by atoms with Gasteiger partial charge < -0.3 is 4.74 Å². The average Bonchev–Trinajstić information content (AvgIpc) is 2.64. The van der Waals surface area contributed by atoms with E-state index in [0.717, 1.165) is 10.8 Å². The van der Waals surface area contributed by atoms with Crippen LogP contribution in [0.5, 0.6) is 10.8 Å². The Labute approximate surface area is 87.2 Å². The molecule has 0 saturated carbocycles. The highest BCUT2D eigenvalue weighted by Crippen LogP contribution is 2.25. The zero-order valence-electron chi connectivity index (χ0n) is 8.15. The first kappa shape index (κ1) is 9.21. The summed E-state index contributed by atoms with van der Waals surface area (Å²) in [6.07, 6.45) is 1.72. The van der Waals surface area contributed by atoms with Gasteiger partial charge in [0.05, 0.1) is 11.7 Å². The molecule has 72 valence electrons. The maximum Gasteiger partial charge on any atom is 0.200 e. The van der Waals surface area contributed by atoms with Crippen molar-refractivity contribution in [1.29, 1.82) is 0 Å². The standard InChI is InChI=1S/C11H11NOS/c1-8-3-4-10(5-9(8)2)13-11-6-12-7-14-11/h3-7H,1-2H3. The molecule has 14 heavy (non-hydrogen) atoms. The highest BCUT2D eigenvalue weighted by atomic mass is 32.1. The van der Waals surface area contributed by atoms with Crippen molar-refractivity contribution in [3.05, 3.63) is 41.0 Å². The van der Waals surface area contributed by atoms with Gasteiger partial charge in [0, 0.05) is 0 Å². The van der Waals surface area contributed by atoms with E-state index in [1.54, 1.807) is 11.7 Å². The van der Waals surface area contributed by atoms with Gasteiger partial charge in [-0.05, 0) is 37.1 Å². The van der Waals surface area contributed by atoms with E-state index in [2.05, 4.69) is 24.9 Å². The second kappa shape index (κ2) is 3.80. The highest BCUT2D eigenvalue weighted by Gasteiger charge is 1.99. The fraction of sp³-hybridized carbons (Fsp3) is 0.182. The van der Waals surface area contributed by atoms with Crippen molar-refractivity contribution in [2.45, 2.75) is 13.8 Å². The number of thiazole rings is 1. The third kappa shape index (κ3) is 1.93. The van der Waals surface area contributed by atoms with Crippen molar-refractivity contribution in [2.24, 2.45) is 0 Å². The largest absolute Gasteiger partial charge is 0.445 e. The van der Waals surface area contributed by atoms with Crippen LogP contribution in [-0.2, 0) is 0 Å². The monoisotopic (exact) mass is 205 g/mol. The Morgan fingerprint density at radius 2 is 2.07 bits per heavy atom. The van der Waals surface area contributed by atoms with E-state index in [9.17, 15) is 0 Å². The summed E-state index contributed by atoms with van der Waals surface area (Å²) in [7, 11) is 0. The van der Waals surface area contributed by atoms with E-state index in [1.807, 2.05) is 12.1 Å². The minimum Gasteiger partial charge on any atom is -0.445 e. The summed E-state index contributed by atoms with van der Waals surface area (Å²) < 4.78 is 5.61. The molecule has 0 aliphatic carbocycles. The number of hydrogen-bond acceptors (Lipinski definition) is 3. The second-order valence-corrected chi connectivity index (χ2v) is 4.02. The number of nitrogens with zero attached hydrogens (tertiary/aromatic N) is 1. The highest BCUT2D eigenvalue weighted by molar-refractivity contribution is 7.11. The predicted octanol–water partition coefficient (Wildman–Crippen LogP) is 3.55. The van der Waals surface area contributed by atoms with Crippen LogP contribution >= 0.6 is 11.3 Å². The summed E-state index contributed by atoms with van der Waals surface area (Å²) in [6.45, 7) is 4.17. The maximum atomic E-state index is 5.61. The van der Waals surface area contributed by atoms with Crippen LogP contribution in [-0.4, -0.2) is 4.98 Å². The molecular formula is C11H11NOS. The lowest BCUT2D eigenvalue weighted by Crippen LogP contribution is -1.84. The van der Waals surface area contributed by atoms with E-state index in [-0.39, 0.29) is 0 Å². The van der Waals surface area contributed by atoms with Crippen molar-refractivity contribution in [1.82, 2.24) is 4.98 Å². The van der Waals surface area contributed by atoms with Gasteiger partial charge in [-0.3, -0.25) is 0 Å². The average molecular weight is 205 g/mol. The zero-order valence-corrected chi connectivity index (χ0v) is 8.97. The van der Waals surface area contributed by atoms with Crippen molar-refractivity contribution in [2.75, 3.05) is 0 Å². The van der Waals surface area contributed by atoms with Crippen molar-refractivity contribution in [3.63, 3.8) is 0 Å². The molecule has 0 unspecified atom stereocenters. The molecule has 0 saturated heterocycles. The van der Waals surface area contributed by atoms with Crippen LogP contribution in [0.15, 0.2) is 29.9 Å². The van der Waals surface area contributed by atoms with Gasteiger partial charge in [0.2, 0.25) is 5.06 Å². The van der Waals surface area contributed by atoms with Gasteiger partial charge >= 0.3 is 0 Å². The van der Waals surface area contributed by atoms with Gasteiger partial charge in [-0.25, -0.2) is 4.98 Å². The van der Waals surface area contributed by atoms with Crippen LogP contribution in [0.4, 0.5) is 0 Å². The molecule has 2 nitrogen and oxygen atoms in total. The number of aromatic nitrogens is 1. The Morgan fingerprint density at radius 3 is 2.71 bits per heavy atom. The molecule has 0 amide bonds. The molecule has 0 aliphatic rings. The SMILES string of the molecule is Cc1ccc(Oc2cncs2)cc1C. The summed E-state index contributed by atoms with van der Waals surface area (Å²) in [5.74, 6) is 0.873. The van der Waals surface area contributed by atoms with Gasteiger partial charge in [-0.2, -0.15) is 0 Å². The second-order valence-electron chi connectivity index (χ2n) is 3.17. The van der Waals surface area contributed by atoms with Gasteiger partial charge in [0.15, 0.2) is 0 Å². The van der Waals surface area contributed by atoms with Gasteiger partial charge in [0.1, 0.15) is 5.75 Å². The number of rotatable bonds is 2. The molecule has 1 aromatic heterocycles. The van der Waals surface area contributed by atoms with Gasteiger partial charge in [0.25, 0.3) is 0 Å². The van der Waals surface area contributed by atoms with E-state index in [4.69, 9.17) is 4.74 Å². The fourth-order valence-electron chi connectivity index (χ4n) is 1.15. The van der Waals surface area contributed by atoms with Crippen LogP contribution in [0.1, 0.15) is 11.1 Å². The summed E-state index contributed by atoms with van der Waals surface area (Å²) in [4.78, 5) is 3.95. The summed E-state index contributed by atoms with van der Waals surface area (Å²) in [5.41, 5.74) is 4.28. The summed E-state index contributed by atoms with van der Waals surface area (Å²) in [5, 5.41) is 0.827. The lowest BCUT2D eigenvalue weighted by atomic mass is 10.1. The maximum absolute atomic E-state index is 5.61. The Hall–Kier alpha value is -1.35. The van der Waals surface area contributed by atoms with Crippen LogP contribution in [0.3, 0.4) is 0 Å². The minimum atomic E-state index is 0.827. The van der Waals surface area contributed by atoms with Crippen LogP contribution < -0.4 is 4.74 Å². The minimum absolute atomic E-state index is 0.827. The Balaban J connectivity index is 2.22. The predicted molar refractivity (Wildman–Crippen MR) is 58.1 cm³/mol. The Morgan fingerprint density at radius 1 is 1.21 bits per heavy atom. The first-order chi connectivity index (χ1) is 6.75. The van der Waals surface area contributed by atoms with E-state index in [0.29, 0.717) is 0 Å². The Bertz CT molecular complexity index is 423. The van der Waals surface area contributed by atoms with Crippen LogP contribution in [0, 0.1) is 13.8 Å². The third-order valence-corrected chi connectivity index (χ3v) is 2.75. The molecule has 0 fully saturated rings. The molecule has 0 atom stereocenters. The molecule has 1 aromatic carbocycles. The van der Waals surface area contributed by atoms with Gasteiger partial charge in [-0.15, -0.1) is 0 Å². The first-order valence-corrected chi connectivity index (χ1v) is 5.27. The first-order valence-electron chi connectivity index (χ1n) is 4.39. The zero-order chi connectivity index (χ0) is 9.97. The topological polar surface area (TPSA) is 22.1 Å². The molecule has 0 N–H and O–H groups in total. The number of benzene rings is 1. The lowest BCUT2D eigenvalue weighted by Gasteiger charge is -2.04. The smallest absolute Gasteiger partial charge is 0.200 e. The molecular weight excluding hydrogens is 194 g/mol. The fourth-order valence-corrected chi connectivity index (χ4v) is 1.64. The molecule has 3 heteroatoms. The third-order valence-electron chi connectivity index (χ3n) is 2.11. The van der Waals surface area contributed by atoms with E-state index < -0.39 is 0 Å². The van der Waals surface area contributed by atoms with Crippen LogP contribution in [0.25, 0.3) is 0 Å². The van der Waals surface area contributed by atoms with Gasteiger partial charge in [-0.1, -0.05) is 17.4 Å². The quantitative estimate of drug-likeness (QED) is 0.748. The lowest BCUT2D eigenvalue weighted by molar-refractivity contribution is 0.494. The normalized spacial score (nSPS) is 10.1.